The fraction of sp³-hybridized carbons (Fsp3) is 0.364. The van der Waals surface area contributed by atoms with Crippen molar-refractivity contribution in [1.82, 2.24) is 0 Å². The van der Waals surface area contributed by atoms with Crippen LogP contribution in [0.5, 0.6) is 0 Å². The lowest BCUT2D eigenvalue weighted by atomic mass is 9.96. The van der Waals surface area contributed by atoms with Crippen LogP contribution < -0.4 is 0 Å². The number of benzene rings is 1. The van der Waals surface area contributed by atoms with Crippen molar-refractivity contribution in [2.45, 2.75) is 19.8 Å². The lowest BCUT2D eigenvalue weighted by molar-refractivity contribution is -0.0561. The summed E-state index contributed by atoms with van der Waals surface area (Å²) >= 11 is 0. The van der Waals surface area contributed by atoms with Crippen molar-refractivity contribution >= 4 is 5.78 Å². The van der Waals surface area contributed by atoms with Gasteiger partial charge in [-0.05, 0) is 19.4 Å². The highest BCUT2D eigenvalue weighted by Crippen LogP contribution is 2.31. The fourth-order valence-electron chi connectivity index (χ4n) is 1.50. The third-order valence-corrected chi connectivity index (χ3v) is 2.31. The molecule has 0 bridgehead atoms. The van der Waals surface area contributed by atoms with E-state index < -0.39 is 12.5 Å². The molecule has 1 aromatic carbocycles. The molecule has 1 N–H and O–H groups in total. The first-order valence-corrected chi connectivity index (χ1v) is 4.50. The lowest BCUT2D eigenvalue weighted by Crippen LogP contribution is -2.20. The molecule has 0 aliphatic heterocycles. The number of carbonyl (C=O) groups excluding carboxylic acids is 1. The third-order valence-electron chi connectivity index (χ3n) is 2.31. The summed E-state index contributed by atoms with van der Waals surface area (Å²) in [5, 5.41) is 8.57. The molecule has 2 nitrogen and oxygen atoms in total. The summed E-state index contributed by atoms with van der Waals surface area (Å²) in [6, 6.07) is 4.11. The summed E-state index contributed by atoms with van der Waals surface area (Å²) in [6.07, 6.45) is 0. The SMILES string of the molecule is CC(=O)c1cccc(C(F)(F)CO)c1C. The van der Waals surface area contributed by atoms with Crippen molar-refractivity contribution in [3.8, 4) is 0 Å². The number of hydrogen-bond acceptors (Lipinski definition) is 2. The highest BCUT2D eigenvalue weighted by molar-refractivity contribution is 5.95. The predicted molar refractivity (Wildman–Crippen MR) is 52.2 cm³/mol. The first-order valence-electron chi connectivity index (χ1n) is 4.50. The van der Waals surface area contributed by atoms with E-state index in [1.54, 1.807) is 0 Å². The molecule has 0 heterocycles. The van der Waals surface area contributed by atoms with E-state index in [0.717, 1.165) is 0 Å². The zero-order chi connectivity index (χ0) is 11.6. The van der Waals surface area contributed by atoms with Gasteiger partial charge in [0, 0.05) is 11.1 Å². The van der Waals surface area contributed by atoms with Gasteiger partial charge >= 0.3 is 0 Å². The highest BCUT2D eigenvalue weighted by atomic mass is 19.3. The summed E-state index contributed by atoms with van der Waals surface area (Å²) in [5.41, 5.74) is 0.197. The van der Waals surface area contributed by atoms with E-state index >= 15 is 0 Å². The van der Waals surface area contributed by atoms with E-state index in [4.69, 9.17) is 5.11 Å². The average molecular weight is 214 g/mol. The minimum Gasteiger partial charge on any atom is -0.390 e. The average Bonchev–Trinajstić information content (AvgIpc) is 2.17. The zero-order valence-electron chi connectivity index (χ0n) is 8.55. The molecule has 0 saturated carbocycles. The third kappa shape index (κ3) is 2.21. The summed E-state index contributed by atoms with van der Waals surface area (Å²) in [4.78, 5) is 11.1. The molecule has 0 aliphatic carbocycles. The molecule has 82 valence electrons. The van der Waals surface area contributed by atoms with Crippen molar-refractivity contribution in [3.05, 3.63) is 34.9 Å². The molecule has 0 unspecified atom stereocenters. The molecule has 0 amide bonds. The second-order valence-electron chi connectivity index (χ2n) is 3.40. The molecule has 1 rings (SSSR count). The maximum atomic E-state index is 13.2. The smallest absolute Gasteiger partial charge is 0.296 e. The molecule has 0 radical (unpaired) electrons. The largest absolute Gasteiger partial charge is 0.390 e. The first kappa shape index (κ1) is 11.8. The van der Waals surface area contributed by atoms with Gasteiger partial charge in [-0.1, -0.05) is 18.2 Å². The Labute approximate surface area is 86.5 Å². The van der Waals surface area contributed by atoms with Crippen LogP contribution >= 0.6 is 0 Å². The Morgan fingerprint density at radius 1 is 1.47 bits per heavy atom. The number of carbonyl (C=O) groups is 1. The molecule has 4 heteroatoms. The zero-order valence-corrected chi connectivity index (χ0v) is 8.55. The fourth-order valence-corrected chi connectivity index (χ4v) is 1.50. The van der Waals surface area contributed by atoms with E-state index in [1.165, 1.54) is 32.0 Å². The van der Waals surface area contributed by atoms with Gasteiger partial charge in [-0.3, -0.25) is 4.79 Å². The molecule has 0 atom stereocenters. The molecule has 1 aromatic rings. The van der Waals surface area contributed by atoms with E-state index in [1.807, 2.05) is 0 Å². The van der Waals surface area contributed by atoms with Crippen LogP contribution in [0.15, 0.2) is 18.2 Å². The number of hydrogen-bond donors (Lipinski definition) is 1. The second kappa shape index (κ2) is 4.06. The number of aliphatic hydroxyl groups is 1. The van der Waals surface area contributed by atoms with Crippen LogP contribution in [0.25, 0.3) is 0 Å². The summed E-state index contributed by atoms with van der Waals surface area (Å²) < 4.78 is 26.5. The minimum atomic E-state index is -3.30. The van der Waals surface area contributed by atoms with E-state index in [9.17, 15) is 13.6 Å². The molecule has 15 heavy (non-hydrogen) atoms. The van der Waals surface area contributed by atoms with E-state index in [-0.39, 0.29) is 22.5 Å². The second-order valence-corrected chi connectivity index (χ2v) is 3.40. The first-order chi connectivity index (χ1) is 6.90. The van der Waals surface area contributed by atoms with Crippen LogP contribution in [-0.2, 0) is 5.92 Å². The topological polar surface area (TPSA) is 37.3 Å². The number of rotatable bonds is 3. The van der Waals surface area contributed by atoms with Gasteiger partial charge < -0.3 is 5.11 Å². The Hall–Kier alpha value is -1.29. The van der Waals surface area contributed by atoms with Crippen molar-refractivity contribution in [3.63, 3.8) is 0 Å². The van der Waals surface area contributed by atoms with Crippen LogP contribution in [0.1, 0.15) is 28.4 Å². The number of aliphatic hydroxyl groups excluding tert-OH is 1. The number of halogens is 2. The Kier molecular flexibility index (Phi) is 3.19. The molecule has 0 spiro atoms. The normalized spacial score (nSPS) is 11.5. The molecule has 0 aliphatic rings. The van der Waals surface area contributed by atoms with Crippen molar-refractivity contribution in [2.75, 3.05) is 6.61 Å². The number of Topliss-reactive ketones (excluding diaryl/α,β-unsaturated/α-hetero) is 1. The monoisotopic (exact) mass is 214 g/mol. The Morgan fingerprint density at radius 3 is 2.53 bits per heavy atom. The van der Waals surface area contributed by atoms with Gasteiger partial charge in [0.2, 0.25) is 0 Å². The Balaban J connectivity index is 3.33. The van der Waals surface area contributed by atoms with Crippen molar-refractivity contribution in [1.29, 1.82) is 0 Å². The highest BCUT2D eigenvalue weighted by Gasteiger charge is 2.32. The molecule has 0 saturated heterocycles. The maximum Gasteiger partial charge on any atom is 0.296 e. The van der Waals surface area contributed by atoms with Gasteiger partial charge in [0.25, 0.3) is 5.92 Å². The Bertz CT molecular complexity index is 386. The van der Waals surface area contributed by atoms with Crippen LogP contribution in [0.4, 0.5) is 8.78 Å². The van der Waals surface area contributed by atoms with Crippen LogP contribution in [-0.4, -0.2) is 17.5 Å². The summed E-state index contributed by atoms with van der Waals surface area (Å²) in [6.45, 7) is 1.52. The van der Waals surface area contributed by atoms with E-state index in [0.29, 0.717) is 0 Å². The van der Waals surface area contributed by atoms with Crippen molar-refractivity contribution in [2.24, 2.45) is 0 Å². The van der Waals surface area contributed by atoms with Crippen LogP contribution in [0.2, 0.25) is 0 Å². The number of alkyl halides is 2. The van der Waals surface area contributed by atoms with Crippen LogP contribution in [0, 0.1) is 6.92 Å². The lowest BCUT2D eigenvalue weighted by Gasteiger charge is -2.17. The van der Waals surface area contributed by atoms with Gasteiger partial charge in [0.1, 0.15) is 6.61 Å². The van der Waals surface area contributed by atoms with Gasteiger partial charge in [-0.2, -0.15) is 8.78 Å². The maximum absolute atomic E-state index is 13.2. The number of ketones is 1. The minimum absolute atomic E-state index is 0.226. The quantitative estimate of drug-likeness (QED) is 0.784. The molecule has 0 aromatic heterocycles. The van der Waals surface area contributed by atoms with Gasteiger partial charge in [-0.15, -0.1) is 0 Å². The van der Waals surface area contributed by atoms with E-state index in [2.05, 4.69) is 0 Å². The summed E-state index contributed by atoms with van der Waals surface area (Å²) in [5.74, 6) is -3.56. The standard InChI is InChI=1S/C11H12F2O2/c1-7-9(8(2)15)4-3-5-10(7)11(12,13)6-14/h3-5,14H,6H2,1-2H3. The van der Waals surface area contributed by atoms with Crippen molar-refractivity contribution < 1.29 is 18.7 Å². The molecular weight excluding hydrogens is 202 g/mol. The predicted octanol–water partition coefficient (Wildman–Crippen LogP) is 2.28. The van der Waals surface area contributed by atoms with Crippen LogP contribution in [0.3, 0.4) is 0 Å². The van der Waals surface area contributed by atoms with Gasteiger partial charge in [0.15, 0.2) is 5.78 Å². The Morgan fingerprint density at radius 2 is 2.07 bits per heavy atom. The molecule has 0 fully saturated rings. The van der Waals surface area contributed by atoms with Gasteiger partial charge in [0.05, 0.1) is 0 Å². The molecular formula is C11H12F2O2. The van der Waals surface area contributed by atoms with Gasteiger partial charge in [-0.25, -0.2) is 0 Å². The summed E-state index contributed by atoms with van der Waals surface area (Å²) in [7, 11) is 0.